The summed E-state index contributed by atoms with van der Waals surface area (Å²) in [7, 11) is 3.71. The van der Waals surface area contributed by atoms with Gasteiger partial charge in [0.15, 0.2) is 0 Å². The first-order valence-corrected chi connectivity index (χ1v) is 8.08. The third-order valence-corrected chi connectivity index (χ3v) is 5.19. The number of fused-ring (bicyclic) bond motifs is 1. The molecule has 1 aromatic carbocycles. The van der Waals surface area contributed by atoms with Gasteiger partial charge in [-0.05, 0) is 42.9 Å². The maximum absolute atomic E-state index is 12.5. The van der Waals surface area contributed by atoms with Crippen LogP contribution in [0, 0.1) is 5.41 Å². The molecule has 0 radical (unpaired) electrons. The minimum absolute atomic E-state index is 0.0580. The average Bonchev–Trinajstić information content (AvgIpc) is 3.04. The highest BCUT2D eigenvalue weighted by Gasteiger charge is 2.37. The smallest absolute Gasteiger partial charge is 0.237 e. The maximum Gasteiger partial charge on any atom is 0.237 e. The van der Waals surface area contributed by atoms with Gasteiger partial charge in [-0.3, -0.25) is 9.69 Å². The van der Waals surface area contributed by atoms with E-state index in [4.69, 9.17) is 4.74 Å². The highest BCUT2D eigenvalue weighted by Crippen LogP contribution is 2.36. The molecule has 1 saturated heterocycles. The van der Waals surface area contributed by atoms with E-state index in [1.54, 1.807) is 7.11 Å². The number of hydrogen-bond acceptors (Lipinski definition) is 3. The van der Waals surface area contributed by atoms with E-state index < -0.39 is 0 Å². The van der Waals surface area contributed by atoms with Crippen LogP contribution in [0.1, 0.15) is 24.5 Å². The summed E-state index contributed by atoms with van der Waals surface area (Å²) < 4.78 is 5.38. The van der Waals surface area contributed by atoms with E-state index in [-0.39, 0.29) is 23.5 Å². The lowest BCUT2D eigenvalue weighted by Crippen LogP contribution is -2.45. The van der Waals surface area contributed by atoms with Crippen LogP contribution in [0.4, 0.5) is 0 Å². The van der Waals surface area contributed by atoms with Crippen molar-refractivity contribution < 1.29 is 9.53 Å². The first-order valence-electron chi connectivity index (χ1n) is 8.08. The van der Waals surface area contributed by atoms with Gasteiger partial charge < -0.3 is 10.1 Å². The van der Waals surface area contributed by atoms with Gasteiger partial charge in [0.2, 0.25) is 5.91 Å². The molecule has 1 fully saturated rings. The average molecular weight is 302 g/mol. The van der Waals surface area contributed by atoms with Crippen LogP contribution in [0.5, 0.6) is 0 Å². The molecule has 1 aliphatic carbocycles. The van der Waals surface area contributed by atoms with Crippen molar-refractivity contribution in [3.05, 3.63) is 35.4 Å². The Morgan fingerprint density at radius 3 is 2.55 bits per heavy atom. The number of nitrogens with zero attached hydrogens (tertiary/aromatic N) is 1. The van der Waals surface area contributed by atoms with Crippen LogP contribution in [0.15, 0.2) is 24.3 Å². The summed E-state index contributed by atoms with van der Waals surface area (Å²) in [6.45, 7) is 3.84. The Labute approximate surface area is 132 Å². The van der Waals surface area contributed by atoms with E-state index in [9.17, 15) is 4.79 Å². The highest BCUT2D eigenvalue weighted by atomic mass is 16.5. The third kappa shape index (κ3) is 3.03. The predicted molar refractivity (Wildman–Crippen MR) is 86.8 cm³/mol. The summed E-state index contributed by atoms with van der Waals surface area (Å²) in [4.78, 5) is 14.6. The highest BCUT2D eigenvalue weighted by molar-refractivity contribution is 5.82. The number of carbonyl (C=O) groups is 1. The van der Waals surface area contributed by atoms with Gasteiger partial charge >= 0.3 is 0 Å². The summed E-state index contributed by atoms with van der Waals surface area (Å²) in [6, 6.07) is 8.55. The number of likely N-dealkylation sites (tertiary alicyclic amines) is 1. The topological polar surface area (TPSA) is 41.6 Å². The molecule has 1 N–H and O–H groups in total. The lowest BCUT2D eigenvalue weighted by molar-refractivity contribution is -0.125. The van der Waals surface area contributed by atoms with Crippen LogP contribution < -0.4 is 5.32 Å². The van der Waals surface area contributed by atoms with E-state index in [1.807, 2.05) is 7.05 Å². The fraction of sp³-hybridized carbons (Fsp3) is 0.611. The Morgan fingerprint density at radius 2 is 2.00 bits per heavy atom. The zero-order valence-corrected chi connectivity index (χ0v) is 13.8. The Bertz CT molecular complexity index is 533. The quantitative estimate of drug-likeness (QED) is 0.919. The maximum atomic E-state index is 12.5. The van der Waals surface area contributed by atoms with Crippen molar-refractivity contribution in [1.29, 1.82) is 0 Å². The normalized spacial score (nSPS) is 26.9. The van der Waals surface area contributed by atoms with Crippen LogP contribution in [0.3, 0.4) is 0 Å². The molecule has 1 aromatic rings. The molecule has 0 spiro atoms. The molecule has 0 bridgehead atoms. The first kappa shape index (κ1) is 15.5. The Morgan fingerprint density at radius 1 is 1.36 bits per heavy atom. The summed E-state index contributed by atoms with van der Waals surface area (Å²) in [5.74, 6) is 0.138. The fourth-order valence-corrected chi connectivity index (χ4v) is 3.86. The van der Waals surface area contributed by atoms with Gasteiger partial charge in [-0.25, -0.2) is 0 Å². The minimum Gasteiger partial charge on any atom is -0.380 e. The largest absolute Gasteiger partial charge is 0.380 e. The molecule has 1 aliphatic heterocycles. The SMILES string of the molecule is CO[C@H]1C[C@@H](C(=O)NCC2(C)Cc3ccccc3C2)N(C)C1. The second kappa shape index (κ2) is 6.01. The van der Waals surface area contributed by atoms with Crippen molar-refractivity contribution in [2.75, 3.05) is 27.2 Å². The monoisotopic (exact) mass is 302 g/mol. The van der Waals surface area contributed by atoms with Crippen molar-refractivity contribution in [3.8, 4) is 0 Å². The minimum atomic E-state index is -0.0580. The molecule has 4 nitrogen and oxygen atoms in total. The molecule has 120 valence electrons. The van der Waals surface area contributed by atoms with E-state index in [2.05, 4.69) is 41.4 Å². The molecular formula is C18H26N2O2. The first-order chi connectivity index (χ1) is 10.5. The summed E-state index contributed by atoms with van der Waals surface area (Å²) in [5.41, 5.74) is 2.99. The lowest BCUT2D eigenvalue weighted by atomic mass is 9.87. The zero-order chi connectivity index (χ0) is 15.7. The van der Waals surface area contributed by atoms with E-state index >= 15 is 0 Å². The molecule has 1 heterocycles. The number of likely N-dealkylation sites (N-methyl/N-ethyl adjacent to an activating group) is 1. The Hall–Kier alpha value is -1.39. The third-order valence-electron chi connectivity index (χ3n) is 5.19. The molecule has 2 aliphatic rings. The van der Waals surface area contributed by atoms with Crippen molar-refractivity contribution in [2.24, 2.45) is 5.41 Å². The number of amides is 1. The molecule has 2 atom stereocenters. The summed E-state index contributed by atoms with van der Waals surface area (Å²) in [5, 5.41) is 3.18. The number of rotatable bonds is 4. The van der Waals surface area contributed by atoms with Gasteiger partial charge in [0.05, 0.1) is 12.1 Å². The van der Waals surface area contributed by atoms with Crippen LogP contribution in [-0.2, 0) is 22.4 Å². The molecular weight excluding hydrogens is 276 g/mol. The number of hydrogen-bond donors (Lipinski definition) is 1. The van der Waals surface area contributed by atoms with Crippen LogP contribution in [-0.4, -0.2) is 50.2 Å². The van der Waals surface area contributed by atoms with Gasteiger partial charge in [0, 0.05) is 20.2 Å². The van der Waals surface area contributed by atoms with Crippen molar-refractivity contribution >= 4 is 5.91 Å². The Kier molecular flexibility index (Phi) is 4.24. The van der Waals surface area contributed by atoms with Gasteiger partial charge in [-0.2, -0.15) is 0 Å². The van der Waals surface area contributed by atoms with Crippen LogP contribution in [0.25, 0.3) is 0 Å². The molecule has 0 saturated carbocycles. The van der Waals surface area contributed by atoms with Gasteiger partial charge in [-0.15, -0.1) is 0 Å². The number of methoxy groups -OCH3 is 1. The summed E-state index contributed by atoms with van der Waals surface area (Å²) >= 11 is 0. The fourth-order valence-electron chi connectivity index (χ4n) is 3.86. The van der Waals surface area contributed by atoms with E-state index in [0.29, 0.717) is 0 Å². The Balaban J connectivity index is 1.56. The molecule has 22 heavy (non-hydrogen) atoms. The second-order valence-electron chi connectivity index (χ2n) is 7.20. The zero-order valence-electron chi connectivity index (χ0n) is 13.8. The second-order valence-corrected chi connectivity index (χ2v) is 7.20. The molecule has 3 rings (SSSR count). The number of benzene rings is 1. The molecule has 4 heteroatoms. The van der Waals surface area contributed by atoms with E-state index in [0.717, 1.165) is 32.4 Å². The van der Waals surface area contributed by atoms with Crippen LogP contribution in [0.2, 0.25) is 0 Å². The van der Waals surface area contributed by atoms with Crippen molar-refractivity contribution in [1.82, 2.24) is 10.2 Å². The van der Waals surface area contributed by atoms with Gasteiger partial charge in [-0.1, -0.05) is 31.2 Å². The van der Waals surface area contributed by atoms with Gasteiger partial charge in [0.25, 0.3) is 0 Å². The predicted octanol–water partition coefficient (Wildman–Crippen LogP) is 1.63. The summed E-state index contributed by atoms with van der Waals surface area (Å²) in [6.07, 6.45) is 3.05. The van der Waals surface area contributed by atoms with Crippen molar-refractivity contribution in [2.45, 2.75) is 38.3 Å². The standard InChI is InChI=1S/C18H26N2O2/c1-18(9-13-6-4-5-7-14(13)10-18)12-19-17(21)16-8-15(22-3)11-20(16)2/h4-7,15-16H,8-12H2,1-3H3,(H,19,21)/t15-,16-/m0/s1. The van der Waals surface area contributed by atoms with E-state index in [1.165, 1.54) is 11.1 Å². The van der Waals surface area contributed by atoms with Crippen molar-refractivity contribution in [3.63, 3.8) is 0 Å². The molecule has 0 unspecified atom stereocenters. The van der Waals surface area contributed by atoms with Crippen LogP contribution >= 0.6 is 0 Å². The lowest BCUT2D eigenvalue weighted by Gasteiger charge is -2.26. The molecule has 1 amide bonds. The molecule has 0 aromatic heterocycles. The van der Waals surface area contributed by atoms with Gasteiger partial charge in [0.1, 0.15) is 0 Å². The number of nitrogens with one attached hydrogen (secondary N) is 1. The number of carbonyl (C=O) groups excluding carboxylic acids is 1. The number of ether oxygens (including phenoxy) is 1.